The molecular weight excluding hydrogens is 434 g/mol. The number of nitrogens with zero attached hydrogens (tertiary/aromatic N) is 7. The first-order valence-corrected chi connectivity index (χ1v) is 11.7. The molecule has 1 saturated heterocycles. The molecule has 0 atom stereocenters. The van der Waals surface area contributed by atoms with Gasteiger partial charge in [0.1, 0.15) is 11.4 Å². The molecule has 0 amide bonds. The van der Waals surface area contributed by atoms with Crippen LogP contribution in [0, 0.1) is 12.0 Å². The molecule has 1 fully saturated rings. The van der Waals surface area contributed by atoms with E-state index < -0.39 is 0 Å². The number of para-hydroxylation sites is 1. The van der Waals surface area contributed by atoms with Crippen LogP contribution >= 0.6 is 0 Å². The number of rotatable bonds is 3. The van der Waals surface area contributed by atoms with Crippen LogP contribution < -0.4 is 4.90 Å². The lowest BCUT2D eigenvalue weighted by Crippen LogP contribution is -2.34. The largest absolute Gasteiger partial charge is 0.341 e. The number of fused-ring (bicyclic) bond motifs is 1. The Hall–Kier alpha value is -4.57. The Kier molecular flexibility index (Phi) is 5.61. The van der Waals surface area contributed by atoms with Crippen molar-refractivity contribution in [3.05, 3.63) is 96.6 Å². The molecule has 3 aromatic heterocycles. The van der Waals surface area contributed by atoms with Gasteiger partial charge >= 0.3 is 0 Å². The first-order valence-electron chi connectivity index (χ1n) is 11.7. The lowest BCUT2D eigenvalue weighted by Gasteiger charge is -2.32. The molecule has 0 bridgehead atoms. The number of hydrogen-bond acceptors (Lipinski definition) is 6. The summed E-state index contributed by atoms with van der Waals surface area (Å²) in [6, 6.07) is 25.4. The molecule has 1 aliphatic rings. The van der Waals surface area contributed by atoms with E-state index in [1.165, 1.54) is 5.56 Å². The van der Waals surface area contributed by atoms with Gasteiger partial charge in [-0.05, 0) is 48.4 Å². The highest BCUT2D eigenvalue weighted by atomic mass is 15.3. The molecule has 0 saturated carbocycles. The molecule has 0 radical (unpaired) electrons. The van der Waals surface area contributed by atoms with Gasteiger partial charge in [0.25, 0.3) is 0 Å². The molecule has 6 rings (SSSR count). The van der Waals surface area contributed by atoms with Gasteiger partial charge in [-0.2, -0.15) is 9.78 Å². The average Bonchev–Trinajstić information content (AvgIpc) is 3.36. The highest BCUT2D eigenvalue weighted by molar-refractivity contribution is 5.79. The Morgan fingerprint density at radius 2 is 1.60 bits per heavy atom. The summed E-state index contributed by atoms with van der Waals surface area (Å²) < 4.78 is 1.67. The van der Waals surface area contributed by atoms with E-state index in [4.69, 9.17) is 4.98 Å². The SMILES string of the molecule is C(#Cn1ncc2ccccc21)c1ccnc(-c2ccnc(N3CCC(c4ccccc4)CC3)n2)n1. The van der Waals surface area contributed by atoms with Gasteiger partial charge in [-0.3, -0.25) is 0 Å². The smallest absolute Gasteiger partial charge is 0.225 e. The first kappa shape index (κ1) is 21.0. The zero-order chi connectivity index (χ0) is 23.5. The molecule has 170 valence electrons. The molecule has 0 N–H and O–H groups in total. The quantitative estimate of drug-likeness (QED) is 0.371. The van der Waals surface area contributed by atoms with E-state index in [9.17, 15) is 0 Å². The van der Waals surface area contributed by atoms with Crippen molar-refractivity contribution < 1.29 is 0 Å². The third-order valence-electron chi connectivity index (χ3n) is 6.34. The summed E-state index contributed by atoms with van der Waals surface area (Å²) >= 11 is 0. The number of benzene rings is 2. The van der Waals surface area contributed by atoms with Gasteiger partial charge in [0.2, 0.25) is 5.95 Å². The van der Waals surface area contributed by atoms with E-state index >= 15 is 0 Å². The maximum atomic E-state index is 4.78. The summed E-state index contributed by atoms with van der Waals surface area (Å²) in [6.07, 6.45) is 7.46. The molecular formula is C28H23N7. The molecule has 2 aromatic carbocycles. The Bertz CT molecular complexity index is 1520. The van der Waals surface area contributed by atoms with Gasteiger partial charge in [0.05, 0.1) is 11.7 Å². The number of piperidine rings is 1. The van der Waals surface area contributed by atoms with Crippen molar-refractivity contribution in [2.24, 2.45) is 0 Å². The molecule has 7 nitrogen and oxygen atoms in total. The summed E-state index contributed by atoms with van der Waals surface area (Å²) in [5, 5.41) is 5.40. The van der Waals surface area contributed by atoms with Gasteiger partial charge in [-0.25, -0.2) is 19.9 Å². The zero-order valence-corrected chi connectivity index (χ0v) is 19.1. The molecule has 0 spiro atoms. The molecule has 4 heterocycles. The molecule has 35 heavy (non-hydrogen) atoms. The van der Waals surface area contributed by atoms with E-state index in [2.05, 4.69) is 67.2 Å². The fraction of sp³-hybridized carbons (Fsp3) is 0.179. The minimum Gasteiger partial charge on any atom is -0.341 e. The molecule has 5 aromatic rings. The highest BCUT2D eigenvalue weighted by Gasteiger charge is 2.22. The summed E-state index contributed by atoms with van der Waals surface area (Å²) in [5.41, 5.74) is 3.67. The Balaban J connectivity index is 1.20. The van der Waals surface area contributed by atoms with E-state index in [1.54, 1.807) is 29.3 Å². The average molecular weight is 458 g/mol. The lowest BCUT2D eigenvalue weighted by atomic mass is 9.90. The normalized spacial score (nSPS) is 14.0. The molecule has 0 unspecified atom stereocenters. The predicted octanol–water partition coefficient (Wildman–Crippen LogP) is 4.52. The van der Waals surface area contributed by atoms with Gasteiger partial charge in [-0.1, -0.05) is 48.5 Å². The van der Waals surface area contributed by atoms with Crippen LogP contribution in [0.15, 0.2) is 85.3 Å². The maximum absolute atomic E-state index is 4.78. The first-order chi connectivity index (χ1) is 17.3. The Morgan fingerprint density at radius 3 is 2.49 bits per heavy atom. The van der Waals surface area contributed by atoms with Crippen LogP contribution in [0.25, 0.3) is 22.4 Å². The predicted molar refractivity (Wildman–Crippen MR) is 136 cm³/mol. The van der Waals surface area contributed by atoms with Gasteiger partial charge in [0.15, 0.2) is 5.82 Å². The second-order valence-corrected chi connectivity index (χ2v) is 8.53. The van der Waals surface area contributed by atoms with Crippen LogP contribution in [-0.4, -0.2) is 42.8 Å². The van der Waals surface area contributed by atoms with Crippen LogP contribution in [0.2, 0.25) is 0 Å². The Morgan fingerprint density at radius 1 is 0.800 bits per heavy atom. The second-order valence-electron chi connectivity index (χ2n) is 8.53. The van der Waals surface area contributed by atoms with E-state index in [0.717, 1.165) is 42.8 Å². The van der Waals surface area contributed by atoms with Crippen LogP contribution in [0.3, 0.4) is 0 Å². The van der Waals surface area contributed by atoms with Crippen LogP contribution in [-0.2, 0) is 0 Å². The van der Waals surface area contributed by atoms with Gasteiger partial charge in [-0.15, -0.1) is 0 Å². The van der Waals surface area contributed by atoms with Crippen molar-refractivity contribution >= 4 is 16.9 Å². The number of aromatic nitrogens is 6. The summed E-state index contributed by atoms with van der Waals surface area (Å²) in [5.74, 6) is 4.93. The maximum Gasteiger partial charge on any atom is 0.225 e. The zero-order valence-electron chi connectivity index (χ0n) is 19.1. The van der Waals surface area contributed by atoms with Crippen molar-refractivity contribution in [1.29, 1.82) is 0 Å². The van der Waals surface area contributed by atoms with Crippen molar-refractivity contribution in [2.75, 3.05) is 18.0 Å². The molecule has 1 aliphatic heterocycles. The fourth-order valence-corrected chi connectivity index (χ4v) is 4.49. The number of anilines is 1. The fourth-order valence-electron chi connectivity index (χ4n) is 4.49. The highest BCUT2D eigenvalue weighted by Crippen LogP contribution is 2.29. The number of hydrogen-bond donors (Lipinski definition) is 0. The van der Waals surface area contributed by atoms with E-state index in [0.29, 0.717) is 23.1 Å². The third-order valence-corrected chi connectivity index (χ3v) is 6.34. The van der Waals surface area contributed by atoms with Crippen LogP contribution in [0.5, 0.6) is 0 Å². The minimum absolute atomic E-state index is 0.532. The van der Waals surface area contributed by atoms with Crippen molar-refractivity contribution in [3.63, 3.8) is 0 Å². The monoisotopic (exact) mass is 457 g/mol. The lowest BCUT2D eigenvalue weighted by molar-refractivity contribution is 0.499. The van der Waals surface area contributed by atoms with E-state index in [1.807, 2.05) is 30.3 Å². The topological polar surface area (TPSA) is 72.6 Å². The standard InChI is InChI=1S/C28H23N7/c1-2-6-21(7-3-1)22-12-17-34(18-13-22)28-30-16-11-25(33-28)27-29-15-10-24(32-27)14-19-35-26-9-5-4-8-23(26)20-31-35/h1-11,15-16,20,22H,12-13,17-18H2. The Labute approximate surface area is 203 Å². The van der Waals surface area contributed by atoms with Crippen molar-refractivity contribution in [1.82, 2.24) is 29.7 Å². The van der Waals surface area contributed by atoms with Gasteiger partial charge in [0, 0.05) is 36.9 Å². The summed E-state index contributed by atoms with van der Waals surface area (Å²) in [7, 11) is 0. The third kappa shape index (κ3) is 4.46. The summed E-state index contributed by atoms with van der Waals surface area (Å²) in [6.45, 7) is 1.85. The molecule has 7 heteroatoms. The second kappa shape index (κ2) is 9.35. The van der Waals surface area contributed by atoms with E-state index in [-0.39, 0.29) is 0 Å². The van der Waals surface area contributed by atoms with Crippen LogP contribution in [0.1, 0.15) is 30.0 Å². The van der Waals surface area contributed by atoms with Crippen molar-refractivity contribution in [3.8, 4) is 23.5 Å². The van der Waals surface area contributed by atoms with Crippen LogP contribution in [0.4, 0.5) is 5.95 Å². The molecule has 0 aliphatic carbocycles. The summed E-state index contributed by atoms with van der Waals surface area (Å²) in [4.78, 5) is 20.6. The van der Waals surface area contributed by atoms with Crippen molar-refractivity contribution in [2.45, 2.75) is 18.8 Å². The minimum atomic E-state index is 0.532. The van der Waals surface area contributed by atoms with Gasteiger partial charge < -0.3 is 4.90 Å².